The third-order valence-corrected chi connectivity index (χ3v) is 4.28. The second-order valence-corrected chi connectivity index (χ2v) is 7.00. The van der Waals surface area contributed by atoms with Crippen LogP contribution in [0.3, 0.4) is 0 Å². The minimum absolute atomic E-state index is 0.343. The molecule has 1 atom stereocenters. The SMILES string of the molecule is C[C@H](NC(=O)CN1C(=O)NC(C)(C)C1=O)c1cc2cc(Cl)ccc2o1. The molecule has 0 saturated carbocycles. The summed E-state index contributed by atoms with van der Waals surface area (Å²) in [6.07, 6.45) is 0. The molecule has 1 aromatic heterocycles. The molecule has 2 aromatic rings. The van der Waals surface area contributed by atoms with E-state index in [-0.39, 0.29) is 6.54 Å². The monoisotopic (exact) mass is 363 g/mol. The second-order valence-electron chi connectivity index (χ2n) is 6.57. The fourth-order valence-corrected chi connectivity index (χ4v) is 2.89. The Morgan fingerprint density at radius 1 is 1.36 bits per heavy atom. The van der Waals surface area contributed by atoms with Gasteiger partial charge in [-0.2, -0.15) is 0 Å². The van der Waals surface area contributed by atoms with Gasteiger partial charge in [-0.3, -0.25) is 14.5 Å². The van der Waals surface area contributed by atoms with Crippen molar-refractivity contribution in [3.63, 3.8) is 0 Å². The number of hydrogen-bond acceptors (Lipinski definition) is 4. The van der Waals surface area contributed by atoms with E-state index in [2.05, 4.69) is 10.6 Å². The molecule has 0 bridgehead atoms. The van der Waals surface area contributed by atoms with Crippen LogP contribution in [0.1, 0.15) is 32.6 Å². The average molecular weight is 364 g/mol. The van der Waals surface area contributed by atoms with Gasteiger partial charge in [0.1, 0.15) is 23.4 Å². The lowest BCUT2D eigenvalue weighted by Gasteiger charge is -2.17. The zero-order chi connectivity index (χ0) is 18.4. The summed E-state index contributed by atoms with van der Waals surface area (Å²) >= 11 is 5.95. The Labute approximate surface area is 149 Å². The van der Waals surface area contributed by atoms with Crippen molar-refractivity contribution in [2.75, 3.05) is 6.54 Å². The summed E-state index contributed by atoms with van der Waals surface area (Å²) in [4.78, 5) is 37.0. The fraction of sp³-hybridized carbons (Fsp3) is 0.353. The number of carbonyl (C=O) groups excluding carboxylic acids is 3. The van der Waals surface area contributed by atoms with Crippen LogP contribution in [0.5, 0.6) is 0 Å². The molecule has 3 rings (SSSR count). The van der Waals surface area contributed by atoms with Crippen molar-refractivity contribution >= 4 is 40.4 Å². The van der Waals surface area contributed by atoms with Crippen molar-refractivity contribution in [2.45, 2.75) is 32.4 Å². The number of amides is 4. The summed E-state index contributed by atoms with van der Waals surface area (Å²) in [7, 11) is 0. The second kappa shape index (κ2) is 6.07. The van der Waals surface area contributed by atoms with Gasteiger partial charge in [-0.25, -0.2) is 4.79 Å². The van der Waals surface area contributed by atoms with E-state index in [0.29, 0.717) is 16.4 Å². The minimum Gasteiger partial charge on any atom is -0.459 e. The van der Waals surface area contributed by atoms with E-state index in [9.17, 15) is 14.4 Å². The van der Waals surface area contributed by atoms with Gasteiger partial charge in [0.2, 0.25) is 5.91 Å². The Bertz CT molecular complexity index is 874. The average Bonchev–Trinajstić information content (AvgIpc) is 3.01. The molecule has 2 heterocycles. The molecule has 0 unspecified atom stereocenters. The maximum atomic E-state index is 12.2. The first-order valence-electron chi connectivity index (χ1n) is 7.80. The van der Waals surface area contributed by atoms with Crippen molar-refractivity contribution in [2.24, 2.45) is 0 Å². The number of urea groups is 1. The molecule has 0 radical (unpaired) electrons. The standard InChI is InChI=1S/C17H18ClN3O4/c1-9(13-7-10-6-11(18)4-5-12(10)25-13)19-14(22)8-21-15(23)17(2,3)20-16(21)24/h4-7,9H,8H2,1-3H3,(H,19,22)(H,20,24)/t9-/m0/s1. The summed E-state index contributed by atoms with van der Waals surface area (Å²) < 4.78 is 5.70. The highest BCUT2D eigenvalue weighted by Crippen LogP contribution is 2.26. The van der Waals surface area contributed by atoms with Crippen LogP contribution in [0.2, 0.25) is 5.02 Å². The molecule has 132 valence electrons. The van der Waals surface area contributed by atoms with E-state index in [1.54, 1.807) is 45.0 Å². The number of rotatable bonds is 4. The van der Waals surface area contributed by atoms with Gasteiger partial charge in [-0.05, 0) is 45.0 Å². The fourth-order valence-electron chi connectivity index (χ4n) is 2.71. The van der Waals surface area contributed by atoms with E-state index in [0.717, 1.165) is 10.3 Å². The van der Waals surface area contributed by atoms with Gasteiger partial charge >= 0.3 is 6.03 Å². The molecule has 1 aliphatic heterocycles. The van der Waals surface area contributed by atoms with Crippen LogP contribution in [0.4, 0.5) is 4.79 Å². The third-order valence-electron chi connectivity index (χ3n) is 4.05. The van der Waals surface area contributed by atoms with Gasteiger partial charge in [0.15, 0.2) is 0 Å². The van der Waals surface area contributed by atoms with Crippen molar-refractivity contribution in [3.05, 3.63) is 35.0 Å². The van der Waals surface area contributed by atoms with E-state index in [1.165, 1.54) is 0 Å². The van der Waals surface area contributed by atoms with E-state index in [4.69, 9.17) is 16.0 Å². The van der Waals surface area contributed by atoms with Crippen molar-refractivity contribution < 1.29 is 18.8 Å². The van der Waals surface area contributed by atoms with E-state index < -0.39 is 29.4 Å². The normalized spacial score (nSPS) is 17.7. The van der Waals surface area contributed by atoms with Gasteiger partial charge in [-0.1, -0.05) is 11.6 Å². The lowest BCUT2D eigenvalue weighted by atomic mass is 10.1. The molecule has 1 aliphatic rings. The van der Waals surface area contributed by atoms with Crippen molar-refractivity contribution in [1.29, 1.82) is 0 Å². The molecule has 1 saturated heterocycles. The Balaban J connectivity index is 1.68. The zero-order valence-electron chi connectivity index (χ0n) is 14.1. The first-order chi connectivity index (χ1) is 11.7. The van der Waals surface area contributed by atoms with Crippen LogP contribution in [0.25, 0.3) is 11.0 Å². The topological polar surface area (TPSA) is 91.7 Å². The van der Waals surface area contributed by atoms with Crippen LogP contribution in [0.15, 0.2) is 28.7 Å². The molecular formula is C17H18ClN3O4. The van der Waals surface area contributed by atoms with Crippen molar-refractivity contribution in [1.82, 2.24) is 15.5 Å². The summed E-state index contributed by atoms with van der Waals surface area (Å²) in [6.45, 7) is 4.60. The summed E-state index contributed by atoms with van der Waals surface area (Å²) in [5.74, 6) is -0.325. The molecule has 1 fully saturated rings. The number of benzene rings is 1. The molecule has 1 aromatic carbocycles. The molecule has 4 amide bonds. The molecule has 0 spiro atoms. The highest BCUT2D eigenvalue weighted by molar-refractivity contribution is 6.31. The van der Waals surface area contributed by atoms with Crippen LogP contribution < -0.4 is 10.6 Å². The highest BCUT2D eigenvalue weighted by atomic mass is 35.5. The molecule has 7 nitrogen and oxygen atoms in total. The molecular weight excluding hydrogens is 346 g/mol. The van der Waals surface area contributed by atoms with E-state index in [1.807, 2.05) is 0 Å². The van der Waals surface area contributed by atoms with E-state index >= 15 is 0 Å². The summed E-state index contributed by atoms with van der Waals surface area (Å²) in [6, 6.07) is 6.05. The number of carbonyl (C=O) groups is 3. The number of fused-ring (bicyclic) bond motifs is 1. The number of halogens is 1. The maximum absolute atomic E-state index is 12.2. The number of nitrogens with zero attached hydrogens (tertiary/aromatic N) is 1. The third kappa shape index (κ3) is 3.32. The minimum atomic E-state index is -0.999. The Morgan fingerprint density at radius 3 is 2.72 bits per heavy atom. The van der Waals surface area contributed by atoms with Crippen LogP contribution in [-0.4, -0.2) is 34.8 Å². The number of hydrogen-bond donors (Lipinski definition) is 2. The summed E-state index contributed by atoms with van der Waals surface area (Å²) in [5, 5.41) is 6.69. The first-order valence-corrected chi connectivity index (χ1v) is 8.17. The van der Waals surface area contributed by atoms with Crippen LogP contribution in [0, 0.1) is 0 Å². The molecule has 0 aliphatic carbocycles. The van der Waals surface area contributed by atoms with Crippen LogP contribution >= 0.6 is 11.6 Å². The molecule has 25 heavy (non-hydrogen) atoms. The van der Waals surface area contributed by atoms with Gasteiger partial charge in [0.25, 0.3) is 5.91 Å². The predicted octanol–water partition coefficient (Wildman–Crippen LogP) is 2.59. The first kappa shape index (κ1) is 17.3. The quantitative estimate of drug-likeness (QED) is 0.817. The summed E-state index contributed by atoms with van der Waals surface area (Å²) in [5.41, 5.74) is -0.336. The lowest BCUT2D eigenvalue weighted by molar-refractivity contribution is -0.134. The zero-order valence-corrected chi connectivity index (χ0v) is 14.8. The largest absolute Gasteiger partial charge is 0.459 e. The Kier molecular flexibility index (Phi) is 4.20. The van der Waals surface area contributed by atoms with Crippen LogP contribution in [-0.2, 0) is 9.59 Å². The highest BCUT2D eigenvalue weighted by Gasteiger charge is 2.44. The number of furan rings is 1. The van der Waals surface area contributed by atoms with Crippen molar-refractivity contribution in [3.8, 4) is 0 Å². The van der Waals surface area contributed by atoms with Gasteiger partial charge in [0.05, 0.1) is 6.04 Å². The molecule has 8 heteroatoms. The molecule has 2 N–H and O–H groups in total. The smallest absolute Gasteiger partial charge is 0.325 e. The van der Waals surface area contributed by atoms with Gasteiger partial charge in [0, 0.05) is 10.4 Å². The Hall–Kier alpha value is -2.54. The Morgan fingerprint density at radius 2 is 2.08 bits per heavy atom. The van der Waals surface area contributed by atoms with Gasteiger partial charge in [-0.15, -0.1) is 0 Å². The predicted molar refractivity (Wildman–Crippen MR) is 92.1 cm³/mol. The maximum Gasteiger partial charge on any atom is 0.325 e. The number of imide groups is 1. The number of nitrogens with one attached hydrogen (secondary N) is 2. The lowest BCUT2D eigenvalue weighted by Crippen LogP contribution is -2.43. The van der Waals surface area contributed by atoms with Gasteiger partial charge < -0.3 is 15.1 Å².